The molecule has 1 aliphatic rings. The Balaban J connectivity index is 1.86. The highest BCUT2D eigenvalue weighted by molar-refractivity contribution is 9.10. The van der Waals surface area contributed by atoms with E-state index in [0.29, 0.717) is 31.0 Å². The monoisotopic (exact) mass is 345 g/mol. The fourth-order valence-corrected chi connectivity index (χ4v) is 2.70. The summed E-state index contributed by atoms with van der Waals surface area (Å²) in [6, 6.07) is 9.34. The second-order valence-electron chi connectivity index (χ2n) is 4.74. The van der Waals surface area contributed by atoms with Crippen LogP contribution in [0.5, 0.6) is 5.75 Å². The van der Waals surface area contributed by atoms with E-state index in [1.807, 2.05) is 24.3 Å². The molecule has 3 rings (SSSR count). The summed E-state index contributed by atoms with van der Waals surface area (Å²) in [6.45, 7) is 1.44. The van der Waals surface area contributed by atoms with Crippen molar-refractivity contribution >= 4 is 21.8 Å². The van der Waals surface area contributed by atoms with Gasteiger partial charge in [0.2, 0.25) is 0 Å². The van der Waals surface area contributed by atoms with Gasteiger partial charge in [-0.25, -0.2) is 0 Å². The van der Waals surface area contributed by atoms with Crippen LogP contribution >= 0.6 is 15.9 Å². The van der Waals surface area contributed by atoms with Crippen LogP contribution in [-0.2, 0) is 6.54 Å². The number of nitrogens with zero attached hydrogens (tertiary/aromatic N) is 2. The highest BCUT2D eigenvalue weighted by Crippen LogP contribution is 2.27. The normalized spacial score (nSPS) is 13.8. The topological polar surface area (TPSA) is 69.1 Å². The van der Waals surface area contributed by atoms with Crippen LogP contribution in [0.3, 0.4) is 0 Å². The maximum Gasteiger partial charge on any atom is 0.270 e. The average Bonchev–Trinajstić information content (AvgIpc) is 2.87. The van der Waals surface area contributed by atoms with Gasteiger partial charge >= 0.3 is 0 Å². The Morgan fingerprint density at radius 1 is 1.43 bits per heavy atom. The largest absolute Gasteiger partial charge is 0.491 e. The first kappa shape index (κ1) is 13.7. The molecule has 0 unspecified atom stereocenters. The van der Waals surface area contributed by atoms with E-state index in [9.17, 15) is 4.79 Å². The number of amides is 1. The van der Waals surface area contributed by atoms with E-state index < -0.39 is 0 Å². The Labute approximate surface area is 130 Å². The van der Waals surface area contributed by atoms with Gasteiger partial charge in [0.05, 0.1) is 12.1 Å². The minimum Gasteiger partial charge on any atom is -0.491 e. The third kappa shape index (κ3) is 2.78. The molecule has 1 amide bonds. The fraction of sp³-hybridized carbons (Fsp3) is 0.200. The third-order valence-electron chi connectivity index (χ3n) is 3.33. The predicted octanol–water partition coefficient (Wildman–Crippen LogP) is 2.68. The minimum atomic E-state index is -0.132. The lowest BCUT2D eigenvalue weighted by Crippen LogP contribution is -2.32. The third-order valence-corrected chi connectivity index (χ3v) is 3.83. The zero-order chi connectivity index (χ0) is 14.8. The molecule has 5 nitrogen and oxygen atoms in total. The smallest absolute Gasteiger partial charge is 0.270 e. The number of ether oxygens (including phenoxy) is 1. The van der Waals surface area contributed by atoms with E-state index in [0.717, 1.165) is 15.8 Å². The number of carbonyl (C=O) groups is 1. The molecule has 1 aromatic heterocycles. The molecule has 1 N–H and O–H groups in total. The van der Waals surface area contributed by atoms with Gasteiger partial charge < -0.3 is 14.6 Å². The van der Waals surface area contributed by atoms with Crippen molar-refractivity contribution in [3.8, 4) is 11.8 Å². The van der Waals surface area contributed by atoms with Gasteiger partial charge in [0.25, 0.3) is 5.91 Å². The van der Waals surface area contributed by atoms with Crippen molar-refractivity contribution in [2.75, 3.05) is 13.2 Å². The van der Waals surface area contributed by atoms with Gasteiger partial charge in [0.1, 0.15) is 24.1 Å². The van der Waals surface area contributed by atoms with Crippen LogP contribution in [0.4, 0.5) is 0 Å². The predicted molar refractivity (Wildman–Crippen MR) is 79.9 cm³/mol. The molecule has 0 saturated carbocycles. The van der Waals surface area contributed by atoms with Crippen molar-refractivity contribution in [1.82, 2.24) is 9.88 Å². The Morgan fingerprint density at radius 2 is 2.29 bits per heavy atom. The summed E-state index contributed by atoms with van der Waals surface area (Å²) in [7, 11) is 0. The first-order chi connectivity index (χ1) is 10.2. The summed E-state index contributed by atoms with van der Waals surface area (Å²) < 4.78 is 6.62. The van der Waals surface area contributed by atoms with Crippen LogP contribution in [0.2, 0.25) is 0 Å². The number of benzene rings is 1. The summed E-state index contributed by atoms with van der Waals surface area (Å²) in [5, 5.41) is 8.83. The molecule has 0 saturated heterocycles. The molecule has 0 bridgehead atoms. The van der Waals surface area contributed by atoms with Gasteiger partial charge in [0.15, 0.2) is 0 Å². The van der Waals surface area contributed by atoms with Crippen molar-refractivity contribution in [2.45, 2.75) is 6.54 Å². The number of fused-ring (bicyclic) bond motifs is 1. The van der Waals surface area contributed by atoms with Gasteiger partial charge in [-0.15, -0.1) is 0 Å². The molecule has 0 spiro atoms. The summed E-state index contributed by atoms with van der Waals surface area (Å²) in [5.74, 6) is 0.672. The van der Waals surface area contributed by atoms with Crippen LogP contribution in [0, 0.1) is 11.3 Å². The highest BCUT2D eigenvalue weighted by Gasteiger charge is 2.22. The Morgan fingerprint density at radius 3 is 3.05 bits per heavy atom. The average molecular weight is 346 g/mol. The van der Waals surface area contributed by atoms with Crippen molar-refractivity contribution < 1.29 is 9.53 Å². The summed E-state index contributed by atoms with van der Waals surface area (Å²) >= 11 is 3.43. The van der Waals surface area contributed by atoms with Gasteiger partial charge in [-0.2, -0.15) is 5.26 Å². The SMILES string of the molecule is N#Cc1c[nH]c(C(=O)N2CCOc3ccc(Br)cc3C2)c1. The van der Waals surface area contributed by atoms with Crippen molar-refractivity contribution in [2.24, 2.45) is 0 Å². The zero-order valence-corrected chi connectivity index (χ0v) is 12.7. The van der Waals surface area contributed by atoms with Gasteiger partial charge in [0, 0.05) is 22.8 Å². The highest BCUT2D eigenvalue weighted by atomic mass is 79.9. The van der Waals surface area contributed by atoms with Crippen LogP contribution in [0.1, 0.15) is 21.6 Å². The molecule has 0 fully saturated rings. The fourth-order valence-electron chi connectivity index (χ4n) is 2.29. The van der Waals surface area contributed by atoms with E-state index >= 15 is 0 Å². The van der Waals surface area contributed by atoms with Crippen molar-refractivity contribution in [3.63, 3.8) is 0 Å². The first-order valence-corrected chi connectivity index (χ1v) is 7.25. The Kier molecular flexibility index (Phi) is 3.67. The molecule has 21 heavy (non-hydrogen) atoms. The van der Waals surface area contributed by atoms with E-state index in [-0.39, 0.29) is 5.91 Å². The number of hydrogen-bond acceptors (Lipinski definition) is 3. The van der Waals surface area contributed by atoms with Crippen LogP contribution in [0.25, 0.3) is 0 Å². The molecule has 2 heterocycles. The molecule has 0 radical (unpaired) electrons. The number of carbonyl (C=O) groups excluding carboxylic acids is 1. The lowest BCUT2D eigenvalue weighted by Gasteiger charge is -2.19. The maximum atomic E-state index is 12.5. The van der Waals surface area contributed by atoms with Gasteiger partial charge in [-0.05, 0) is 24.3 Å². The molecular weight excluding hydrogens is 334 g/mol. The second-order valence-corrected chi connectivity index (χ2v) is 5.66. The number of halogens is 1. The van der Waals surface area contributed by atoms with Gasteiger partial charge in [-0.3, -0.25) is 4.79 Å². The molecule has 2 aromatic rings. The van der Waals surface area contributed by atoms with Crippen LogP contribution in [0.15, 0.2) is 34.9 Å². The molecule has 1 aromatic carbocycles. The summed E-state index contributed by atoms with van der Waals surface area (Å²) in [6.07, 6.45) is 1.53. The minimum absolute atomic E-state index is 0.132. The summed E-state index contributed by atoms with van der Waals surface area (Å²) in [5.41, 5.74) is 1.83. The Hall–Kier alpha value is -2.26. The molecule has 106 valence electrons. The lowest BCUT2D eigenvalue weighted by molar-refractivity contribution is 0.0728. The van der Waals surface area contributed by atoms with Gasteiger partial charge in [-0.1, -0.05) is 15.9 Å². The van der Waals surface area contributed by atoms with E-state index in [4.69, 9.17) is 10.00 Å². The standard InChI is InChI=1S/C15H12BrN3O2/c16-12-1-2-14-11(6-12)9-19(3-4-21-14)15(20)13-5-10(7-17)8-18-13/h1-2,5-6,8,18H,3-4,9H2. The molecule has 1 aliphatic heterocycles. The van der Waals surface area contributed by atoms with Crippen molar-refractivity contribution in [3.05, 3.63) is 51.8 Å². The maximum absolute atomic E-state index is 12.5. The number of rotatable bonds is 1. The van der Waals surface area contributed by atoms with E-state index in [2.05, 4.69) is 20.9 Å². The van der Waals surface area contributed by atoms with E-state index in [1.54, 1.807) is 11.0 Å². The second kappa shape index (κ2) is 5.62. The number of hydrogen-bond donors (Lipinski definition) is 1. The van der Waals surface area contributed by atoms with E-state index in [1.165, 1.54) is 6.20 Å². The number of nitriles is 1. The number of nitrogens with one attached hydrogen (secondary N) is 1. The quantitative estimate of drug-likeness (QED) is 0.863. The summed E-state index contributed by atoms with van der Waals surface area (Å²) in [4.78, 5) is 17.1. The number of H-pyrrole nitrogens is 1. The zero-order valence-electron chi connectivity index (χ0n) is 11.1. The molecular formula is C15H12BrN3O2. The Bertz CT molecular complexity index is 733. The van der Waals surface area contributed by atoms with Crippen LogP contribution < -0.4 is 4.74 Å². The van der Waals surface area contributed by atoms with Crippen LogP contribution in [-0.4, -0.2) is 28.9 Å². The first-order valence-electron chi connectivity index (χ1n) is 6.46. The number of aromatic nitrogens is 1. The number of aromatic amines is 1. The lowest BCUT2D eigenvalue weighted by atomic mass is 10.2. The molecule has 0 aliphatic carbocycles. The molecule has 0 atom stereocenters. The molecule has 6 heteroatoms. The van der Waals surface area contributed by atoms with Crippen molar-refractivity contribution in [1.29, 1.82) is 5.26 Å².